The fourth-order valence-electron chi connectivity index (χ4n) is 2.29. The molecule has 1 saturated carbocycles. The zero-order valence-electron chi connectivity index (χ0n) is 9.43. The third-order valence-electron chi connectivity index (χ3n) is 3.26. The predicted molar refractivity (Wildman–Crippen MR) is 63.6 cm³/mol. The van der Waals surface area contributed by atoms with Gasteiger partial charge >= 0.3 is 0 Å². The van der Waals surface area contributed by atoms with E-state index >= 15 is 0 Å². The number of anilines is 1. The normalized spacial score (nSPS) is 25.0. The van der Waals surface area contributed by atoms with E-state index in [0.717, 1.165) is 37.0 Å². The second-order valence-corrected chi connectivity index (χ2v) is 4.47. The molecule has 0 aliphatic heterocycles. The molecule has 0 atom stereocenters. The molecule has 90 valence electrons. The molecule has 1 fully saturated rings. The Kier molecular flexibility index (Phi) is 2.64. The summed E-state index contributed by atoms with van der Waals surface area (Å²) in [5, 5.41) is 12.9. The number of aliphatic hydroxyl groups excluding tert-OH is 1. The molecule has 0 saturated heterocycles. The first kappa shape index (κ1) is 10.5. The van der Waals surface area contributed by atoms with E-state index in [1.807, 2.05) is 0 Å². The van der Waals surface area contributed by atoms with Crippen molar-refractivity contribution in [2.45, 2.75) is 37.8 Å². The summed E-state index contributed by atoms with van der Waals surface area (Å²) in [6, 6.07) is 0.375. The van der Waals surface area contributed by atoms with Gasteiger partial charge in [-0.05, 0) is 25.7 Å². The van der Waals surface area contributed by atoms with Crippen LogP contribution in [0.15, 0.2) is 12.7 Å². The number of H-pyrrole nitrogens is 1. The highest BCUT2D eigenvalue weighted by Gasteiger charge is 2.20. The molecule has 6 heteroatoms. The molecule has 0 radical (unpaired) electrons. The van der Waals surface area contributed by atoms with E-state index < -0.39 is 0 Å². The number of nitrogens with zero attached hydrogens (tertiary/aromatic N) is 3. The van der Waals surface area contributed by atoms with Crippen LogP contribution in [0.1, 0.15) is 25.7 Å². The third kappa shape index (κ3) is 2.08. The zero-order chi connectivity index (χ0) is 11.7. The molecule has 0 spiro atoms. The van der Waals surface area contributed by atoms with Crippen LogP contribution < -0.4 is 5.32 Å². The minimum absolute atomic E-state index is 0.134. The van der Waals surface area contributed by atoms with Crippen LogP contribution in [-0.4, -0.2) is 37.2 Å². The van der Waals surface area contributed by atoms with Crippen molar-refractivity contribution in [3.05, 3.63) is 12.7 Å². The van der Waals surface area contributed by atoms with Gasteiger partial charge < -0.3 is 15.4 Å². The quantitative estimate of drug-likeness (QED) is 0.722. The fraction of sp³-hybridized carbons (Fsp3) is 0.545. The third-order valence-corrected chi connectivity index (χ3v) is 3.26. The van der Waals surface area contributed by atoms with Gasteiger partial charge in [-0.25, -0.2) is 15.0 Å². The lowest BCUT2D eigenvalue weighted by Crippen LogP contribution is -2.28. The fourth-order valence-corrected chi connectivity index (χ4v) is 2.29. The second kappa shape index (κ2) is 4.29. The van der Waals surface area contributed by atoms with Crippen molar-refractivity contribution in [1.82, 2.24) is 19.9 Å². The number of nitrogens with one attached hydrogen (secondary N) is 2. The monoisotopic (exact) mass is 233 g/mol. The maximum absolute atomic E-state index is 9.46. The molecule has 0 amide bonds. The standard InChI is InChI=1S/C11H15N5O/c17-8-3-1-7(2-4-8)16-11-9-10(13-5-12-9)14-6-15-11/h5-8,17H,1-4H2,(H2,12,13,14,15,16). The number of aliphatic hydroxyl groups is 1. The lowest BCUT2D eigenvalue weighted by atomic mass is 9.93. The Bertz CT molecular complexity index is 503. The van der Waals surface area contributed by atoms with Crippen molar-refractivity contribution in [2.75, 3.05) is 5.32 Å². The Morgan fingerprint density at radius 2 is 2.00 bits per heavy atom. The summed E-state index contributed by atoms with van der Waals surface area (Å²) in [4.78, 5) is 15.4. The molecule has 2 aromatic rings. The van der Waals surface area contributed by atoms with Gasteiger partial charge in [0, 0.05) is 6.04 Å². The van der Waals surface area contributed by atoms with Crippen molar-refractivity contribution in [1.29, 1.82) is 0 Å². The summed E-state index contributed by atoms with van der Waals surface area (Å²) in [6.45, 7) is 0. The molecule has 0 unspecified atom stereocenters. The minimum Gasteiger partial charge on any atom is -0.393 e. The largest absolute Gasteiger partial charge is 0.393 e. The van der Waals surface area contributed by atoms with Crippen LogP contribution in [0.25, 0.3) is 11.2 Å². The highest BCUT2D eigenvalue weighted by Crippen LogP contribution is 2.23. The number of aromatic nitrogens is 4. The van der Waals surface area contributed by atoms with E-state index in [4.69, 9.17) is 0 Å². The summed E-state index contributed by atoms with van der Waals surface area (Å²) in [7, 11) is 0. The topological polar surface area (TPSA) is 86.7 Å². The Morgan fingerprint density at radius 3 is 2.82 bits per heavy atom. The lowest BCUT2D eigenvalue weighted by molar-refractivity contribution is 0.126. The molecular formula is C11H15N5O. The molecular weight excluding hydrogens is 218 g/mol. The van der Waals surface area contributed by atoms with Gasteiger partial charge in [-0.2, -0.15) is 0 Å². The Morgan fingerprint density at radius 1 is 1.18 bits per heavy atom. The molecule has 1 aliphatic rings. The Labute approximate surface area is 98.5 Å². The van der Waals surface area contributed by atoms with Gasteiger partial charge in [0.25, 0.3) is 0 Å². The molecule has 17 heavy (non-hydrogen) atoms. The average Bonchev–Trinajstić information content (AvgIpc) is 2.81. The van der Waals surface area contributed by atoms with Crippen molar-refractivity contribution >= 4 is 17.0 Å². The van der Waals surface area contributed by atoms with E-state index in [0.29, 0.717) is 11.7 Å². The van der Waals surface area contributed by atoms with E-state index in [1.165, 1.54) is 6.33 Å². The highest BCUT2D eigenvalue weighted by molar-refractivity contribution is 5.82. The summed E-state index contributed by atoms with van der Waals surface area (Å²) in [6.07, 6.45) is 6.66. The molecule has 6 nitrogen and oxygen atoms in total. The first-order valence-corrected chi connectivity index (χ1v) is 5.91. The van der Waals surface area contributed by atoms with Crippen LogP contribution in [0.3, 0.4) is 0 Å². The van der Waals surface area contributed by atoms with Crippen molar-refractivity contribution in [3.8, 4) is 0 Å². The Balaban J connectivity index is 1.78. The molecule has 0 bridgehead atoms. The van der Waals surface area contributed by atoms with Gasteiger partial charge in [0.05, 0.1) is 12.4 Å². The number of aromatic amines is 1. The van der Waals surface area contributed by atoms with Crippen LogP contribution in [0, 0.1) is 0 Å². The maximum atomic E-state index is 9.46. The van der Waals surface area contributed by atoms with Crippen LogP contribution in [-0.2, 0) is 0 Å². The van der Waals surface area contributed by atoms with E-state index in [-0.39, 0.29) is 6.10 Å². The molecule has 0 aromatic carbocycles. The number of hydrogen-bond donors (Lipinski definition) is 3. The van der Waals surface area contributed by atoms with E-state index in [9.17, 15) is 5.11 Å². The summed E-state index contributed by atoms with van der Waals surface area (Å²) in [5.74, 6) is 0.800. The van der Waals surface area contributed by atoms with Gasteiger partial charge in [0.1, 0.15) is 11.8 Å². The zero-order valence-corrected chi connectivity index (χ0v) is 9.43. The smallest absolute Gasteiger partial charge is 0.182 e. The molecule has 3 N–H and O–H groups in total. The van der Waals surface area contributed by atoms with Crippen LogP contribution in [0.4, 0.5) is 5.82 Å². The number of fused-ring (bicyclic) bond motifs is 1. The molecule has 2 aromatic heterocycles. The van der Waals surface area contributed by atoms with Gasteiger partial charge in [0.2, 0.25) is 0 Å². The van der Waals surface area contributed by atoms with Crippen LogP contribution >= 0.6 is 0 Å². The van der Waals surface area contributed by atoms with Crippen molar-refractivity contribution in [2.24, 2.45) is 0 Å². The van der Waals surface area contributed by atoms with Gasteiger partial charge in [-0.15, -0.1) is 0 Å². The molecule has 3 rings (SSSR count). The van der Waals surface area contributed by atoms with Crippen molar-refractivity contribution in [3.63, 3.8) is 0 Å². The summed E-state index contributed by atoms with van der Waals surface area (Å²) >= 11 is 0. The highest BCUT2D eigenvalue weighted by atomic mass is 16.3. The predicted octanol–water partition coefficient (Wildman–Crippen LogP) is 1.07. The van der Waals surface area contributed by atoms with Crippen LogP contribution in [0.5, 0.6) is 0 Å². The van der Waals surface area contributed by atoms with E-state index in [1.54, 1.807) is 6.33 Å². The lowest BCUT2D eigenvalue weighted by Gasteiger charge is -2.26. The number of imidazole rings is 1. The molecule has 2 heterocycles. The minimum atomic E-state index is -0.134. The average molecular weight is 233 g/mol. The van der Waals surface area contributed by atoms with Crippen molar-refractivity contribution < 1.29 is 5.11 Å². The number of rotatable bonds is 2. The molecule has 1 aliphatic carbocycles. The Hall–Kier alpha value is -1.69. The second-order valence-electron chi connectivity index (χ2n) is 4.47. The van der Waals surface area contributed by atoms with Gasteiger partial charge in [-0.1, -0.05) is 0 Å². The first-order valence-electron chi connectivity index (χ1n) is 5.91. The number of hydrogen-bond acceptors (Lipinski definition) is 5. The summed E-state index contributed by atoms with van der Waals surface area (Å²) in [5.41, 5.74) is 1.52. The SMILES string of the molecule is OC1CCC(Nc2ncnc3nc[nH]c23)CC1. The summed E-state index contributed by atoms with van der Waals surface area (Å²) < 4.78 is 0. The van der Waals surface area contributed by atoms with E-state index in [2.05, 4.69) is 25.3 Å². The first-order chi connectivity index (χ1) is 8.33. The maximum Gasteiger partial charge on any atom is 0.182 e. The van der Waals surface area contributed by atoms with Gasteiger partial charge in [0.15, 0.2) is 11.5 Å². The van der Waals surface area contributed by atoms with Crippen LogP contribution in [0.2, 0.25) is 0 Å². The van der Waals surface area contributed by atoms with Gasteiger partial charge in [-0.3, -0.25) is 0 Å².